The maximum absolute atomic E-state index is 13.5. The van der Waals surface area contributed by atoms with Gasteiger partial charge in [-0.1, -0.05) is 12.1 Å². The molecule has 0 spiro atoms. The fraction of sp³-hybridized carbons (Fsp3) is 0.292. The molecule has 1 N–H and O–H groups in total. The molecule has 8 nitrogen and oxygen atoms in total. The minimum absolute atomic E-state index is 0.0236. The fourth-order valence-corrected chi connectivity index (χ4v) is 4.01. The SMILES string of the molecule is CN(C[C@@H]1COCCO1)Nc1ccc2ccc3ncc(-c4cnn(C)c4)cc3c(=O)c2c1. The second-order valence-electron chi connectivity index (χ2n) is 8.08. The summed E-state index contributed by atoms with van der Waals surface area (Å²) in [5, 5.41) is 8.26. The molecular weight excluding hydrogens is 406 g/mol. The molecule has 1 fully saturated rings. The summed E-state index contributed by atoms with van der Waals surface area (Å²) in [6.07, 6.45) is 5.48. The number of aryl methyl sites for hydroxylation is 1. The standard InChI is InChI=1S/C24H25N5O3/c1-28-13-18(12-26-28)17-9-22-23(25-11-17)6-4-16-3-5-19(10-21(16)24(22)30)27-29(2)14-20-15-31-7-8-32-20/h3-6,9-13,20,27H,7-8,14-15H2,1-2H3/t20-/m1/s1. The zero-order valence-electron chi connectivity index (χ0n) is 18.1. The topological polar surface area (TPSA) is 81.5 Å². The summed E-state index contributed by atoms with van der Waals surface area (Å²) in [6, 6.07) is 11.5. The lowest BCUT2D eigenvalue weighted by atomic mass is 10.1. The Morgan fingerprint density at radius 1 is 1.12 bits per heavy atom. The van der Waals surface area contributed by atoms with Gasteiger partial charge in [-0.25, -0.2) is 5.01 Å². The van der Waals surface area contributed by atoms with Gasteiger partial charge in [0.1, 0.15) is 0 Å². The number of aromatic nitrogens is 3. The first-order valence-corrected chi connectivity index (χ1v) is 10.6. The van der Waals surface area contributed by atoms with E-state index in [0.29, 0.717) is 42.7 Å². The Morgan fingerprint density at radius 3 is 2.78 bits per heavy atom. The number of pyridine rings is 1. The molecule has 164 valence electrons. The van der Waals surface area contributed by atoms with Crippen molar-refractivity contribution in [2.45, 2.75) is 6.10 Å². The van der Waals surface area contributed by atoms with Crippen LogP contribution < -0.4 is 10.9 Å². The zero-order valence-corrected chi connectivity index (χ0v) is 18.1. The first-order chi connectivity index (χ1) is 15.6. The lowest BCUT2D eigenvalue weighted by molar-refractivity contribution is -0.0942. The predicted molar refractivity (Wildman–Crippen MR) is 125 cm³/mol. The molecular formula is C24H25N5O3. The lowest BCUT2D eigenvalue weighted by Crippen LogP contribution is -2.40. The maximum Gasteiger partial charge on any atom is 0.195 e. The molecule has 1 saturated heterocycles. The van der Waals surface area contributed by atoms with Crippen molar-refractivity contribution in [2.75, 3.05) is 38.8 Å². The molecule has 0 aliphatic carbocycles. The van der Waals surface area contributed by atoms with E-state index in [0.717, 1.165) is 22.2 Å². The molecule has 0 bridgehead atoms. The Balaban J connectivity index is 1.50. The number of ether oxygens (including phenoxy) is 2. The molecule has 3 heterocycles. The summed E-state index contributed by atoms with van der Waals surface area (Å²) >= 11 is 0. The molecule has 0 amide bonds. The third-order valence-electron chi connectivity index (χ3n) is 5.60. The third-order valence-corrected chi connectivity index (χ3v) is 5.60. The van der Waals surface area contributed by atoms with Gasteiger partial charge in [0.15, 0.2) is 5.43 Å². The van der Waals surface area contributed by atoms with Gasteiger partial charge in [0.2, 0.25) is 0 Å². The maximum atomic E-state index is 13.5. The van der Waals surface area contributed by atoms with Crippen molar-refractivity contribution >= 4 is 27.4 Å². The summed E-state index contributed by atoms with van der Waals surface area (Å²) in [4.78, 5) is 18.0. The normalized spacial score (nSPS) is 16.7. The van der Waals surface area contributed by atoms with E-state index < -0.39 is 0 Å². The Labute approximate surface area is 185 Å². The van der Waals surface area contributed by atoms with Crippen molar-refractivity contribution in [3.05, 3.63) is 65.2 Å². The van der Waals surface area contributed by atoms with E-state index in [-0.39, 0.29) is 11.5 Å². The third kappa shape index (κ3) is 4.20. The van der Waals surface area contributed by atoms with Crippen LogP contribution in [-0.4, -0.2) is 59.3 Å². The van der Waals surface area contributed by atoms with E-state index in [1.807, 2.05) is 61.7 Å². The number of rotatable bonds is 5. The average molecular weight is 431 g/mol. The number of nitrogens with one attached hydrogen (secondary N) is 1. The molecule has 4 aromatic rings. The number of likely N-dealkylation sites (N-methyl/N-ethyl adjacent to an activating group) is 1. The monoisotopic (exact) mass is 431 g/mol. The highest BCUT2D eigenvalue weighted by molar-refractivity contribution is 5.94. The Hall–Kier alpha value is -3.33. The Bertz CT molecular complexity index is 1330. The molecule has 8 heteroatoms. The summed E-state index contributed by atoms with van der Waals surface area (Å²) in [6.45, 7) is 2.52. The van der Waals surface area contributed by atoms with E-state index in [9.17, 15) is 4.79 Å². The van der Waals surface area contributed by atoms with Crippen LogP contribution in [0, 0.1) is 0 Å². The van der Waals surface area contributed by atoms with Crippen LogP contribution in [-0.2, 0) is 16.5 Å². The minimum atomic E-state index is -0.0476. The van der Waals surface area contributed by atoms with Crippen molar-refractivity contribution < 1.29 is 9.47 Å². The van der Waals surface area contributed by atoms with Gasteiger partial charge in [0, 0.05) is 60.6 Å². The van der Waals surface area contributed by atoms with Gasteiger partial charge in [-0.15, -0.1) is 0 Å². The van der Waals surface area contributed by atoms with E-state index in [1.54, 1.807) is 17.1 Å². The van der Waals surface area contributed by atoms with Crippen LogP contribution in [0.4, 0.5) is 5.69 Å². The van der Waals surface area contributed by atoms with Gasteiger partial charge in [-0.2, -0.15) is 5.10 Å². The van der Waals surface area contributed by atoms with Crippen LogP contribution in [0.3, 0.4) is 0 Å². The van der Waals surface area contributed by atoms with Crippen LogP contribution in [0.25, 0.3) is 32.8 Å². The van der Waals surface area contributed by atoms with Crippen molar-refractivity contribution in [1.29, 1.82) is 0 Å². The van der Waals surface area contributed by atoms with Crippen molar-refractivity contribution in [2.24, 2.45) is 7.05 Å². The number of anilines is 1. The van der Waals surface area contributed by atoms with Crippen LogP contribution in [0.1, 0.15) is 0 Å². The molecule has 5 rings (SSSR count). The van der Waals surface area contributed by atoms with E-state index in [1.165, 1.54) is 0 Å². The number of hydrazine groups is 1. The number of benzene rings is 1. The van der Waals surface area contributed by atoms with Crippen LogP contribution >= 0.6 is 0 Å². The predicted octanol–water partition coefficient (Wildman–Crippen LogP) is 2.82. The largest absolute Gasteiger partial charge is 0.376 e. The van der Waals surface area contributed by atoms with E-state index >= 15 is 0 Å². The van der Waals surface area contributed by atoms with Gasteiger partial charge in [0.25, 0.3) is 0 Å². The van der Waals surface area contributed by atoms with Crippen LogP contribution in [0.2, 0.25) is 0 Å². The summed E-state index contributed by atoms with van der Waals surface area (Å²) < 4.78 is 12.9. The highest BCUT2D eigenvalue weighted by Gasteiger charge is 2.16. The molecule has 1 atom stereocenters. The molecule has 2 aromatic heterocycles. The second kappa shape index (κ2) is 8.66. The van der Waals surface area contributed by atoms with Gasteiger partial charge in [-0.3, -0.25) is 14.5 Å². The van der Waals surface area contributed by atoms with Gasteiger partial charge in [0.05, 0.1) is 37.6 Å². The van der Waals surface area contributed by atoms with Crippen molar-refractivity contribution in [1.82, 2.24) is 19.8 Å². The van der Waals surface area contributed by atoms with Gasteiger partial charge < -0.3 is 14.9 Å². The lowest BCUT2D eigenvalue weighted by Gasteiger charge is -2.28. The minimum Gasteiger partial charge on any atom is -0.376 e. The van der Waals surface area contributed by atoms with Gasteiger partial charge >= 0.3 is 0 Å². The highest BCUT2D eigenvalue weighted by Crippen LogP contribution is 2.23. The molecule has 2 aromatic carbocycles. The van der Waals surface area contributed by atoms with E-state index in [4.69, 9.17) is 9.47 Å². The molecule has 1 aliphatic rings. The Morgan fingerprint density at radius 2 is 2.00 bits per heavy atom. The molecule has 0 saturated carbocycles. The molecule has 32 heavy (non-hydrogen) atoms. The summed E-state index contributed by atoms with van der Waals surface area (Å²) in [7, 11) is 3.81. The first-order valence-electron chi connectivity index (χ1n) is 10.6. The number of fused-ring (bicyclic) bond motifs is 2. The fourth-order valence-electron chi connectivity index (χ4n) is 4.01. The number of nitrogens with zero attached hydrogens (tertiary/aromatic N) is 4. The second-order valence-corrected chi connectivity index (χ2v) is 8.08. The highest BCUT2D eigenvalue weighted by atomic mass is 16.6. The van der Waals surface area contributed by atoms with Crippen molar-refractivity contribution in [3.63, 3.8) is 0 Å². The zero-order chi connectivity index (χ0) is 22.1. The smallest absolute Gasteiger partial charge is 0.195 e. The summed E-state index contributed by atoms with van der Waals surface area (Å²) in [5.41, 5.74) is 6.59. The van der Waals surface area contributed by atoms with Gasteiger partial charge in [-0.05, 0) is 29.7 Å². The van der Waals surface area contributed by atoms with E-state index in [2.05, 4.69) is 15.5 Å². The molecule has 0 radical (unpaired) electrons. The van der Waals surface area contributed by atoms with Crippen molar-refractivity contribution in [3.8, 4) is 11.1 Å². The quantitative estimate of drug-likeness (QED) is 0.487. The number of hydrogen-bond acceptors (Lipinski definition) is 7. The van der Waals surface area contributed by atoms with Crippen LogP contribution in [0.5, 0.6) is 0 Å². The molecule has 0 unspecified atom stereocenters. The molecule has 1 aliphatic heterocycles. The number of hydrogen-bond donors (Lipinski definition) is 1. The average Bonchev–Trinajstić information content (AvgIpc) is 3.19. The Kier molecular flexibility index (Phi) is 5.57. The van der Waals surface area contributed by atoms with Crippen LogP contribution in [0.15, 0.2) is 59.8 Å². The first kappa shape index (κ1) is 20.6. The summed E-state index contributed by atoms with van der Waals surface area (Å²) in [5.74, 6) is 0.